The van der Waals surface area contributed by atoms with Gasteiger partial charge in [0.05, 0.1) is 4.48 Å². The molecule has 0 aliphatic carbocycles. The molecule has 1 unspecified atom stereocenters. The maximum absolute atomic E-state index is 12.3. The second-order valence-corrected chi connectivity index (χ2v) is 8.19. The Kier molecular flexibility index (Phi) is 6.23. The van der Waals surface area contributed by atoms with Crippen molar-refractivity contribution in [1.29, 1.82) is 0 Å². The highest BCUT2D eigenvalue weighted by atomic mass is 79.9. The number of urea groups is 1. The Morgan fingerprint density at radius 2 is 1.90 bits per heavy atom. The fraction of sp³-hybridized carbons (Fsp3) is 0.273. The number of likely N-dealkylation sites (tertiary alicyclic amines) is 1. The molecule has 2 aromatic carbocycles. The lowest BCUT2D eigenvalue weighted by Gasteiger charge is -2.37. The Morgan fingerprint density at radius 3 is 2.73 bits per heavy atom. The molecule has 30 heavy (non-hydrogen) atoms. The van der Waals surface area contributed by atoms with Crippen LogP contribution < -0.4 is 21.7 Å². The van der Waals surface area contributed by atoms with Gasteiger partial charge in [-0.25, -0.2) is 9.79 Å². The van der Waals surface area contributed by atoms with Gasteiger partial charge in [0.1, 0.15) is 18.3 Å². The number of carbonyl (C=O) groups excluding carboxylic acids is 1. The van der Waals surface area contributed by atoms with Crippen molar-refractivity contribution in [2.24, 2.45) is 10.7 Å². The smallest absolute Gasteiger partial charge is 0.323 e. The van der Waals surface area contributed by atoms with Crippen LogP contribution in [0.4, 0.5) is 16.2 Å². The summed E-state index contributed by atoms with van der Waals surface area (Å²) in [4.78, 5) is 18.9. The van der Waals surface area contributed by atoms with Crippen molar-refractivity contribution in [3.63, 3.8) is 0 Å². The molecule has 4 rings (SSSR count). The lowest BCUT2D eigenvalue weighted by atomic mass is 9.90. The van der Waals surface area contributed by atoms with Gasteiger partial charge in [-0.2, -0.15) is 0 Å². The van der Waals surface area contributed by atoms with Crippen LogP contribution in [0.25, 0.3) is 0 Å². The summed E-state index contributed by atoms with van der Waals surface area (Å²) in [5, 5.41) is 9.11. The molecule has 5 N–H and O–H groups in total. The first-order valence-corrected chi connectivity index (χ1v) is 10.8. The molecule has 7 nitrogen and oxygen atoms in total. The van der Waals surface area contributed by atoms with E-state index in [2.05, 4.69) is 53.9 Å². The molecule has 0 spiro atoms. The fourth-order valence-electron chi connectivity index (χ4n) is 3.86. The molecule has 1 saturated heterocycles. The number of carbonyl (C=O) groups is 1. The van der Waals surface area contributed by atoms with Gasteiger partial charge in [-0.15, -0.1) is 0 Å². The van der Waals surface area contributed by atoms with Crippen LogP contribution in [-0.4, -0.2) is 36.5 Å². The summed E-state index contributed by atoms with van der Waals surface area (Å²) in [7, 11) is 0. The number of nitrogens with zero attached hydrogens (tertiary/aromatic N) is 2. The largest absolute Gasteiger partial charge is 0.383 e. The number of hydrogen-bond donors (Lipinski definition) is 4. The lowest BCUT2D eigenvalue weighted by Crippen LogP contribution is -2.42. The van der Waals surface area contributed by atoms with E-state index in [1.807, 2.05) is 42.5 Å². The van der Waals surface area contributed by atoms with Crippen molar-refractivity contribution in [2.75, 3.05) is 30.4 Å². The van der Waals surface area contributed by atoms with Crippen molar-refractivity contribution in [3.05, 3.63) is 70.5 Å². The maximum Gasteiger partial charge on any atom is 0.323 e. The first-order chi connectivity index (χ1) is 14.6. The number of hydrogen-bond acceptors (Lipinski definition) is 5. The zero-order valence-corrected chi connectivity index (χ0v) is 18.2. The average molecular weight is 469 g/mol. The van der Waals surface area contributed by atoms with Crippen molar-refractivity contribution < 1.29 is 4.79 Å². The summed E-state index contributed by atoms with van der Waals surface area (Å²) in [6.45, 7) is 2.34. The number of aliphatic imine (C=N–C) groups is 1. The quantitative estimate of drug-likeness (QED) is 0.545. The van der Waals surface area contributed by atoms with Gasteiger partial charge in [-0.3, -0.25) is 0 Å². The number of anilines is 2. The molecule has 156 valence electrons. The Bertz CT molecular complexity index is 975. The van der Waals surface area contributed by atoms with E-state index < -0.39 is 0 Å². The van der Waals surface area contributed by atoms with Crippen molar-refractivity contribution in [2.45, 2.75) is 18.8 Å². The van der Waals surface area contributed by atoms with Crippen LogP contribution in [-0.2, 0) is 0 Å². The molecular weight excluding hydrogens is 444 g/mol. The second-order valence-electron chi connectivity index (χ2n) is 7.40. The van der Waals surface area contributed by atoms with Gasteiger partial charge in [0.15, 0.2) is 0 Å². The van der Waals surface area contributed by atoms with Crippen LogP contribution in [0.15, 0.2) is 69.9 Å². The van der Waals surface area contributed by atoms with E-state index in [-0.39, 0.29) is 6.03 Å². The summed E-state index contributed by atoms with van der Waals surface area (Å²) in [5.41, 5.74) is 8.73. The summed E-state index contributed by atoms with van der Waals surface area (Å²) < 4.78 is 0.822. The van der Waals surface area contributed by atoms with Crippen LogP contribution in [0.2, 0.25) is 0 Å². The highest BCUT2D eigenvalue weighted by molar-refractivity contribution is 9.12. The number of amides is 2. The molecule has 2 aromatic rings. The van der Waals surface area contributed by atoms with E-state index in [0.29, 0.717) is 18.4 Å². The van der Waals surface area contributed by atoms with Crippen LogP contribution >= 0.6 is 15.9 Å². The summed E-state index contributed by atoms with van der Waals surface area (Å²) in [5.74, 6) is 1.90. The normalized spacial score (nSPS) is 19.0. The Labute approximate surface area is 184 Å². The molecule has 2 aliphatic heterocycles. The van der Waals surface area contributed by atoms with E-state index in [1.54, 1.807) is 0 Å². The van der Waals surface area contributed by atoms with Gasteiger partial charge in [0.2, 0.25) is 0 Å². The molecule has 0 saturated carbocycles. The minimum atomic E-state index is -0.251. The molecule has 2 amide bonds. The Morgan fingerprint density at radius 1 is 1.13 bits per heavy atom. The van der Waals surface area contributed by atoms with E-state index in [0.717, 1.165) is 47.6 Å². The molecule has 8 heteroatoms. The van der Waals surface area contributed by atoms with Gasteiger partial charge >= 0.3 is 6.03 Å². The van der Waals surface area contributed by atoms with Gasteiger partial charge in [0, 0.05) is 30.4 Å². The van der Waals surface area contributed by atoms with Gasteiger partial charge in [0.25, 0.3) is 0 Å². The van der Waals surface area contributed by atoms with E-state index in [9.17, 15) is 4.79 Å². The third kappa shape index (κ3) is 4.76. The van der Waals surface area contributed by atoms with Crippen molar-refractivity contribution in [3.8, 4) is 0 Å². The molecule has 0 radical (unpaired) electrons. The highest BCUT2D eigenvalue weighted by Gasteiger charge is 2.26. The molecule has 1 fully saturated rings. The maximum atomic E-state index is 12.3. The molecular formula is C22H25BrN6O. The molecule has 0 bridgehead atoms. The molecule has 2 heterocycles. The third-order valence-electron chi connectivity index (χ3n) is 5.31. The van der Waals surface area contributed by atoms with Crippen LogP contribution in [0.5, 0.6) is 0 Å². The Balaban J connectivity index is 1.43. The predicted molar refractivity (Wildman–Crippen MR) is 125 cm³/mol. The second kappa shape index (κ2) is 9.21. The van der Waals surface area contributed by atoms with Crippen molar-refractivity contribution >= 4 is 39.2 Å². The third-order valence-corrected chi connectivity index (χ3v) is 6.10. The number of halogens is 1. The zero-order valence-electron chi connectivity index (χ0n) is 16.6. The number of amidine groups is 1. The number of nitrogens with one attached hydrogen (secondary N) is 3. The minimum Gasteiger partial charge on any atom is -0.383 e. The fourth-order valence-corrected chi connectivity index (χ4v) is 4.37. The van der Waals surface area contributed by atoms with E-state index >= 15 is 0 Å². The molecule has 2 aliphatic rings. The first-order valence-electron chi connectivity index (χ1n) is 10.0. The number of benzene rings is 2. The summed E-state index contributed by atoms with van der Waals surface area (Å²) >= 11 is 3.56. The SMILES string of the molecule is NC1=NCNC(N2CCCC(c3cccc(NC(=O)Nc4ccccc4)c3)C2)=C1Br. The van der Waals surface area contributed by atoms with Crippen LogP contribution in [0, 0.1) is 0 Å². The van der Waals surface area contributed by atoms with E-state index in [4.69, 9.17) is 5.73 Å². The number of piperidine rings is 1. The van der Waals surface area contributed by atoms with Gasteiger partial charge in [-0.1, -0.05) is 30.3 Å². The average Bonchev–Trinajstić information content (AvgIpc) is 2.76. The van der Waals surface area contributed by atoms with Crippen LogP contribution in [0.3, 0.4) is 0 Å². The zero-order chi connectivity index (χ0) is 20.9. The first kappa shape index (κ1) is 20.3. The topological polar surface area (TPSA) is 94.8 Å². The van der Waals surface area contributed by atoms with E-state index in [1.165, 1.54) is 5.56 Å². The molecule has 0 aromatic heterocycles. The standard InChI is InChI=1S/C22H25BrN6O/c23-19-20(24)25-14-26-21(19)29-11-5-7-16(13-29)15-6-4-10-18(12-15)28-22(30)27-17-8-2-1-3-9-17/h1-4,6,8-10,12,16,26H,5,7,11,13-14H2,(H2,24,25)(H2,27,28,30). The van der Waals surface area contributed by atoms with Gasteiger partial charge in [-0.05, 0) is 58.6 Å². The number of nitrogens with two attached hydrogens (primary N) is 1. The Hall–Kier alpha value is -3.00. The number of para-hydroxylation sites is 1. The highest BCUT2D eigenvalue weighted by Crippen LogP contribution is 2.31. The van der Waals surface area contributed by atoms with Crippen LogP contribution in [0.1, 0.15) is 24.3 Å². The number of rotatable bonds is 4. The van der Waals surface area contributed by atoms with Crippen molar-refractivity contribution in [1.82, 2.24) is 10.2 Å². The minimum absolute atomic E-state index is 0.251. The molecule has 1 atom stereocenters. The predicted octanol–water partition coefficient (Wildman–Crippen LogP) is 3.99. The summed E-state index contributed by atoms with van der Waals surface area (Å²) in [6.07, 6.45) is 2.18. The monoisotopic (exact) mass is 468 g/mol. The lowest BCUT2D eigenvalue weighted by molar-refractivity contribution is 0.243. The summed E-state index contributed by atoms with van der Waals surface area (Å²) in [6, 6.07) is 17.2. The van der Waals surface area contributed by atoms with Gasteiger partial charge < -0.3 is 26.6 Å².